The van der Waals surface area contributed by atoms with Gasteiger partial charge in [0.05, 0.1) is 15.6 Å². The van der Waals surface area contributed by atoms with Crippen molar-refractivity contribution in [2.75, 3.05) is 5.32 Å². The highest BCUT2D eigenvalue weighted by atomic mass is 79.9. The Morgan fingerprint density at radius 1 is 1.31 bits per heavy atom. The van der Waals surface area contributed by atoms with Crippen molar-refractivity contribution in [1.82, 2.24) is 5.43 Å². The molecule has 0 fully saturated rings. The van der Waals surface area contributed by atoms with Crippen LogP contribution in [0, 0.1) is 10.1 Å². The van der Waals surface area contributed by atoms with Crippen molar-refractivity contribution in [3.63, 3.8) is 0 Å². The number of anilines is 1. The molecule has 0 bridgehead atoms. The first-order chi connectivity index (χ1) is 12.3. The largest absolute Gasteiger partial charge is 0.501 e. The molecule has 3 N–H and O–H groups in total. The van der Waals surface area contributed by atoms with Gasteiger partial charge in [-0.2, -0.15) is 5.10 Å². The first-order valence-electron chi connectivity index (χ1n) is 7.16. The molecule has 2 rings (SSSR count). The second-order valence-electron chi connectivity index (χ2n) is 5.09. The van der Waals surface area contributed by atoms with E-state index in [1.165, 1.54) is 31.3 Å². The number of hydrogen-bond acceptors (Lipinski definition) is 6. The third-order valence-corrected chi connectivity index (χ3v) is 3.69. The zero-order valence-electron chi connectivity index (χ0n) is 13.4. The minimum absolute atomic E-state index is 0.127. The summed E-state index contributed by atoms with van der Waals surface area (Å²) < 4.78 is 0.127. The number of nitrogens with one attached hydrogen (secondary N) is 2. The van der Waals surface area contributed by atoms with Crippen molar-refractivity contribution < 1.29 is 19.6 Å². The Kier molecular flexibility index (Phi) is 6.02. The summed E-state index contributed by atoms with van der Waals surface area (Å²) in [6.45, 7) is 1.35. The van der Waals surface area contributed by atoms with Gasteiger partial charge < -0.3 is 10.4 Å². The maximum Gasteiger partial charge on any atom is 0.312 e. The van der Waals surface area contributed by atoms with Crippen LogP contribution in [-0.2, 0) is 4.79 Å². The van der Waals surface area contributed by atoms with E-state index in [2.05, 4.69) is 31.8 Å². The van der Waals surface area contributed by atoms with Gasteiger partial charge >= 0.3 is 5.69 Å². The molecule has 10 heteroatoms. The van der Waals surface area contributed by atoms with E-state index in [-0.39, 0.29) is 15.9 Å². The molecule has 0 heterocycles. The quantitative estimate of drug-likeness (QED) is 0.388. The predicted octanol–water partition coefficient (Wildman–Crippen LogP) is 2.79. The third-order valence-electron chi connectivity index (χ3n) is 3.09. The number of amides is 2. The van der Waals surface area contributed by atoms with E-state index in [1.54, 1.807) is 12.1 Å². The molecular formula is C16H13BrN4O5. The predicted molar refractivity (Wildman–Crippen MR) is 98.3 cm³/mol. The summed E-state index contributed by atoms with van der Waals surface area (Å²) in [6, 6.07) is 8.79. The molecule has 0 aromatic heterocycles. The zero-order chi connectivity index (χ0) is 19.3. The van der Waals surface area contributed by atoms with Gasteiger partial charge in [0.2, 0.25) is 11.7 Å². The number of nitrogens with zero attached hydrogens (tertiary/aromatic N) is 2. The number of benzene rings is 2. The Labute approximate surface area is 156 Å². The number of halogens is 1. The summed E-state index contributed by atoms with van der Waals surface area (Å²) >= 11 is 3.01. The fraction of sp³-hybridized carbons (Fsp3) is 0.0625. The molecule has 2 aromatic carbocycles. The van der Waals surface area contributed by atoms with Gasteiger partial charge in [-0.15, -0.1) is 0 Å². The smallest absolute Gasteiger partial charge is 0.312 e. The molecule has 0 radical (unpaired) electrons. The fourth-order valence-corrected chi connectivity index (χ4v) is 2.46. The van der Waals surface area contributed by atoms with Crippen LogP contribution >= 0.6 is 15.9 Å². The number of phenols is 1. The minimum atomic E-state index is -0.733. The molecule has 134 valence electrons. The number of rotatable bonds is 5. The molecule has 0 saturated heterocycles. The minimum Gasteiger partial charge on any atom is -0.501 e. The Morgan fingerprint density at radius 3 is 2.69 bits per heavy atom. The van der Waals surface area contributed by atoms with Gasteiger partial charge in [0.15, 0.2) is 0 Å². The van der Waals surface area contributed by atoms with Crippen LogP contribution in [0.1, 0.15) is 22.8 Å². The molecular weight excluding hydrogens is 408 g/mol. The van der Waals surface area contributed by atoms with Crippen LogP contribution in [-0.4, -0.2) is 28.1 Å². The lowest BCUT2D eigenvalue weighted by Gasteiger charge is -2.05. The number of hydrazone groups is 1. The van der Waals surface area contributed by atoms with Crippen LogP contribution in [0.4, 0.5) is 11.4 Å². The van der Waals surface area contributed by atoms with Crippen molar-refractivity contribution in [3.8, 4) is 5.75 Å². The molecule has 26 heavy (non-hydrogen) atoms. The molecule has 0 unspecified atom stereocenters. The van der Waals surface area contributed by atoms with E-state index in [0.717, 1.165) is 6.07 Å². The van der Waals surface area contributed by atoms with E-state index >= 15 is 0 Å². The SMILES string of the molecule is CC(=O)Nc1cccc(C(=O)N/N=C/c2cc(Br)c(O)c([N+](=O)[O-])c2)c1. The zero-order valence-corrected chi connectivity index (χ0v) is 15.0. The summed E-state index contributed by atoms with van der Waals surface area (Å²) in [5, 5.41) is 26.8. The highest BCUT2D eigenvalue weighted by molar-refractivity contribution is 9.10. The number of phenolic OH excluding ortho intramolecular Hbond substituents is 1. The van der Waals surface area contributed by atoms with Gasteiger partial charge in [-0.05, 0) is 40.2 Å². The van der Waals surface area contributed by atoms with Gasteiger partial charge in [0.25, 0.3) is 5.91 Å². The van der Waals surface area contributed by atoms with E-state index in [9.17, 15) is 24.8 Å². The lowest BCUT2D eigenvalue weighted by Crippen LogP contribution is -2.18. The van der Waals surface area contributed by atoms with Crippen LogP contribution in [0.5, 0.6) is 5.75 Å². The number of nitro groups is 1. The van der Waals surface area contributed by atoms with Crippen LogP contribution in [0.25, 0.3) is 0 Å². The molecule has 0 atom stereocenters. The second kappa shape index (κ2) is 8.21. The summed E-state index contributed by atoms with van der Waals surface area (Å²) in [4.78, 5) is 33.3. The normalized spacial score (nSPS) is 10.5. The number of carbonyl (C=O) groups is 2. The lowest BCUT2D eigenvalue weighted by molar-refractivity contribution is -0.386. The summed E-state index contributed by atoms with van der Waals surface area (Å²) in [7, 11) is 0. The molecule has 0 aliphatic carbocycles. The maximum absolute atomic E-state index is 12.1. The van der Waals surface area contributed by atoms with Crippen LogP contribution in [0.15, 0.2) is 46.0 Å². The van der Waals surface area contributed by atoms with Crippen LogP contribution < -0.4 is 10.7 Å². The van der Waals surface area contributed by atoms with E-state index in [4.69, 9.17) is 0 Å². The molecule has 2 amide bonds. The highest BCUT2D eigenvalue weighted by Gasteiger charge is 2.17. The van der Waals surface area contributed by atoms with E-state index in [1.807, 2.05) is 0 Å². The molecule has 0 spiro atoms. The Morgan fingerprint density at radius 2 is 2.04 bits per heavy atom. The van der Waals surface area contributed by atoms with Gasteiger partial charge in [-0.1, -0.05) is 6.07 Å². The molecule has 0 aliphatic rings. The fourth-order valence-electron chi connectivity index (χ4n) is 1.99. The Hall–Kier alpha value is -3.27. The maximum atomic E-state index is 12.1. The molecule has 2 aromatic rings. The average Bonchev–Trinajstić information content (AvgIpc) is 2.57. The van der Waals surface area contributed by atoms with E-state index in [0.29, 0.717) is 11.3 Å². The van der Waals surface area contributed by atoms with Crippen molar-refractivity contribution in [2.24, 2.45) is 5.10 Å². The molecule has 0 saturated carbocycles. The summed E-state index contributed by atoms with van der Waals surface area (Å²) in [6.07, 6.45) is 1.20. The van der Waals surface area contributed by atoms with Crippen molar-refractivity contribution in [1.29, 1.82) is 0 Å². The lowest BCUT2D eigenvalue weighted by atomic mass is 10.2. The van der Waals surface area contributed by atoms with Gasteiger partial charge in [0, 0.05) is 29.8 Å². The average molecular weight is 421 g/mol. The first-order valence-corrected chi connectivity index (χ1v) is 7.95. The van der Waals surface area contributed by atoms with Crippen molar-refractivity contribution in [3.05, 3.63) is 62.1 Å². The topological polar surface area (TPSA) is 134 Å². The highest BCUT2D eigenvalue weighted by Crippen LogP contribution is 2.34. The number of aromatic hydroxyl groups is 1. The Balaban J connectivity index is 2.12. The molecule has 0 aliphatic heterocycles. The van der Waals surface area contributed by atoms with Gasteiger partial charge in [-0.25, -0.2) is 5.43 Å². The van der Waals surface area contributed by atoms with E-state index < -0.39 is 22.3 Å². The standard InChI is InChI=1S/C16H13BrN4O5/c1-9(22)19-12-4-2-3-11(7-12)16(24)20-18-8-10-5-13(17)15(23)14(6-10)21(25)26/h2-8,23H,1H3,(H,19,22)(H,20,24)/b18-8+. The van der Waals surface area contributed by atoms with Crippen LogP contribution in [0.3, 0.4) is 0 Å². The molecule has 9 nitrogen and oxygen atoms in total. The van der Waals surface area contributed by atoms with Crippen molar-refractivity contribution in [2.45, 2.75) is 6.92 Å². The van der Waals surface area contributed by atoms with Crippen molar-refractivity contribution >= 4 is 45.3 Å². The van der Waals surface area contributed by atoms with Gasteiger partial charge in [0.1, 0.15) is 0 Å². The number of nitro benzene ring substituents is 1. The third kappa shape index (κ3) is 4.86. The summed E-state index contributed by atoms with van der Waals surface area (Å²) in [5.41, 5.74) is 2.82. The number of hydrogen-bond donors (Lipinski definition) is 3. The van der Waals surface area contributed by atoms with Crippen LogP contribution in [0.2, 0.25) is 0 Å². The van der Waals surface area contributed by atoms with Gasteiger partial charge in [-0.3, -0.25) is 19.7 Å². The Bertz CT molecular complexity index is 914. The number of carbonyl (C=O) groups excluding carboxylic acids is 2. The monoisotopic (exact) mass is 420 g/mol. The first kappa shape index (κ1) is 19.1. The summed E-state index contributed by atoms with van der Waals surface area (Å²) in [5.74, 6) is -1.29. The second-order valence-corrected chi connectivity index (χ2v) is 5.94.